The molecule has 24 heavy (non-hydrogen) atoms. The van der Waals surface area contributed by atoms with Crippen LogP contribution in [0, 0.1) is 5.92 Å². The van der Waals surface area contributed by atoms with Gasteiger partial charge in [0.25, 0.3) is 0 Å². The molecule has 2 fully saturated rings. The summed E-state index contributed by atoms with van der Waals surface area (Å²) in [5.74, 6) is 1.88. The highest BCUT2D eigenvalue weighted by Gasteiger charge is 2.29. The number of nitrogens with one attached hydrogen (secondary N) is 1. The molecule has 1 aliphatic heterocycles. The summed E-state index contributed by atoms with van der Waals surface area (Å²) in [7, 11) is 0. The Morgan fingerprint density at radius 2 is 2.12 bits per heavy atom. The number of piperidine rings is 1. The van der Waals surface area contributed by atoms with Crippen LogP contribution in [0.4, 0.5) is 0 Å². The number of hydrogen-bond donors (Lipinski definition) is 1. The van der Waals surface area contributed by atoms with E-state index < -0.39 is 0 Å². The molecule has 1 unspecified atom stereocenters. The lowest BCUT2D eigenvalue weighted by Crippen LogP contribution is -2.45. The highest BCUT2D eigenvalue weighted by molar-refractivity contribution is 5.83. The lowest BCUT2D eigenvalue weighted by Gasteiger charge is -2.30. The van der Waals surface area contributed by atoms with Gasteiger partial charge in [0.05, 0.1) is 5.92 Å². The summed E-state index contributed by atoms with van der Waals surface area (Å²) in [6.45, 7) is 3.63. The first-order valence-electron chi connectivity index (χ1n) is 9.05. The average molecular weight is 334 g/mol. The summed E-state index contributed by atoms with van der Waals surface area (Å²) < 4.78 is 5.34. The van der Waals surface area contributed by atoms with Crippen molar-refractivity contribution >= 4 is 11.8 Å². The van der Waals surface area contributed by atoms with E-state index in [2.05, 4.69) is 15.5 Å². The van der Waals surface area contributed by atoms with E-state index in [0.717, 1.165) is 18.7 Å². The number of hydrogen-bond acceptors (Lipinski definition) is 5. The normalized spacial score (nSPS) is 22.1. The van der Waals surface area contributed by atoms with E-state index in [1.807, 2.05) is 6.92 Å². The summed E-state index contributed by atoms with van der Waals surface area (Å²) in [6.07, 6.45) is 6.40. The standard InChI is InChI=1S/C17H26N4O3/c1-2-21-11-13(7-8-15(21)22)16(23)18-10-9-14-19-17(24-20-14)12-5-3-4-6-12/h12-13H,2-11H2,1H3,(H,18,23). The predicted molar refractivity (Wildman–Crippen MR) is 87.2 cm³/mol. The van der Waals surface area contributed by atoms with Crippen molar-refractivity contribution in [3.05, 3.63) is 11.7 Å². The van der Waals surface area contributed by atoms with E-state index in [1.165, 1.54) is 12.8 Å². The van der Waals surface area contributed by atoms with Gasteiger partial charge in [-0.25, -0.2) is 0 Å². The zero-order chi connectivity index (χ0) is 16.9. The largest absolute Gasteiger partial charge is 0.355 e. The van der Waals surface area contributed by atoms with Gasteiger partial charge < -0.3 is 14.7 Å². The van der Waals surface area contributed by atoms with E-state index in [-0.39, 0.29) is 17.7 Å². The Bertz CT molecular complexity index is 580. The minimum atomic E-state index is -0.109. The quantitative estimate of drug-likeness (QED) is 0.854. The molecule has 2 aliphatic rings. The highest BCUT2D eigenvalue weighted by Crippen LogP contribution is 2.32. The molecule has 1 N–H and O–H groups in total. The topological polar surface area (TPSA) is 88.3 Å². The van der Waals surface area contributed by atoms with Gasteiger partial charge in [0.1, 0.15) is 0 Å². The Hall–Kier alpha value is -1.92. The minimum absolute atomic E-state index is 0.0143. The molecule has 2 heterocycles. The molecule has 7 heteroatoms. The van der Waals surface area contributed by atoms with Crippen molar-refractivity contribution in [1.82, 2.24) is 20.4 Å². The number of rotatable bonds is 6. The Balaban J connectivity index is 1.42. The van der Waals surface area contributed by atoms with Gasteiger partial charge in [0, 0.05) is 38.4 Å². The first kappa shape index (κ1) is 16.9. The molecule has 0 radical (unpaired) electrons. The zero-order valence-electron chi connectivity index (χ0n) is 14.3. The fourth-order valence-corrected chi connectivity index (χ4v) is 3.58. The maximum atomic E-state index is 12.3. The molecule has 1 aliphatic carbocycles. The number of aromatic nitrogens is 2. The minimum Gasteiger partial charge on any atom is -0.355 e. The summed E-state index contributed by atoms with van der Waals surface area (Å²) in [5.41, 5.74) is 0. The summed E-state index contributed by atoms with van der Waals surface area (Å²) in [5, 5.41) is 6.96. The van der Waals surface area contributed by atoms with Crippen LogP contribution in [0.5, 0.6) is 0 Å². The number of carbonyl (C=O) groups excluding carboxylic acids is 2. The van der Waals surface area contributed by atoms with Crippen molar-refractivity contribution in [3.63, 3.8) is 0 Å². The van der Waals surface area contributed by atoms with Gasteiger partial charge >= 0.3 is 0 Å². The van der Waals surface area contributed by atoms with Crippen LogP contribution >= 0.6 is 0 Å². The smallest absolute Gasteiger partial charge is 0.229 e. The third-order valence-electron chi connectivity index (χ3n) is 5.09. The van der Waals surface area contributed by atoms with Crippen LogP contribution in [0.1, 0.15) is 63.1 Å². The van der Waals surface area contributed by atoms with Crippen LogP contribution in [-0.2, 0) is 16.0 Å². The average Bonchev–Trinajstić information content (AvgIpc) is 3.26. The van der Waals surface area contributed by atoms with Crippen molar-refractivity contribution < 1.29 is 14.1 Å². The molecule has 0 bridgehead atoms. The molecule has 1 atom stereocenters. The maximum absolute atomic E-state index is 12.3. The Morgan fingerprint density at radius 3 is 2.88 bits per heavy atom. The third-order valence-corrected chi connectivity index (χ3v) is 5.09. The summed E-state index contributed by atoms with van der Waals surface area (Å²) >= 11 is 0. The van der Waals surface area contributed by atoms with Crippen LogP contribution in [0.3, 0.4) is 0 Å². The second kappa shape index (κ2) is 7.77. The molecule has 0 spiro atoms. The number of carbonyl (C=O) groups is 2. The molecular formula is C17H26N4O3. The third kappa shape index (κ3) is 3.94. The predicted octanol–water partition coefficient (Wildman–Crippen LogP) is 1.64. The van der Waals surface area contributed by atoms with Gasteiger partial charge in [0.2, 0.25) is 17.7 Å². The number of amides is 2. The van der Waals surface area contributed by atoms with E-state index in [9.17, 15) is 9.59 Å². The Labute approximate surface area is 142 Å². The number of likely N-dealkylation sites (tertiary alicyclic amines) is 1. The van der Waals surface area contributed by atoms with Gasteiger partial charge in [-0.2, -0.15) is 4.98 Å². The van der Waals surface area contributed by atoms with Crippen LogP contribution < -0.4 is 5.32 Å². The lowest BCUT2D eigenvalue weighted by atomic mass is 9.96. The van der Waals surface area contributed by atoms with Crippen molar-refractivity contribution in [2.45, 2.75) is 57.8 Å². The van der Waals surface area contributed by atoms with Crippen molar-refractivity contribution in [2.24, 2.45) is 5.92 Å². The van der Waals surface area contributed by atoms with E-state index >= 15 is 0 Å². The summed E-state index contributed by atoms with van der Waals surface area (Å²) in [4.78, 5) is 30.1. The van der Waals surface area contributed by atoms with Gasteiger partial charge in [0.15, 0.2) is 5.82 Å². The van der Waals surface area contributed by atoms with E-state index in [4.69, 9.17) is 4.52 Å². The van der Waals surface area contributed by atoms with Crippen molar-refractivity contribution in [1.29, 1.82) is 0 Å². The molecule has 0 aromatic carbocycles. The van der Waals surface area contributed by atoms with Gasteiger partial charge in [-0.1, -0.05) is 18.0 Å². The molecule has 132 valence electrons. The van der Waals surface area contributed by atoms with Gasteiger partial charge in [-0.15, -0.1) is 0 Å². The van der Waals surface area contributed by atoms with Crippen molar-refractivity contribution in [3.8, 4) is 0 Å². The first-order chi connectivity index (χ1) is 11.7. The molecule has 7 nitrogen and oxygen atoms in total. The lowest BCUT2D eigenvalue weighted by molar-refractivity contribution is -0.138. The van der Waals surface area contributed by atoms with Gasteiger partial charge in [-0.3, -0.25) is 9.59 Å². The summed E-state index contributed by atoms with van der Waals surface area (Å²) in [6, 6.07) is 0. The fraction of sp³-hybridized carbons (Fsp3) is 0.765. The molecule has 3 rings (SSSR count). The molecule has 2 amide bonds. The maximum Gasteiger partial charge on any atom is 0.229 e. The van der Waals surface area contributed by atoms with Gasteiger partial charge in [-0.05, 0) is 26.2 Å². The molecule has 1 aromatic rings. The monoisotopic (exact) mass is 334 g/mol. The molecule has 1 saturated heterocycles. The molecule has 1 aromatic heterocycles. The molecule has 1 saturated carbocycles. The van der Waals surface area contributed by atoms with Crippen LogP contribution in [0.15, 0.2) is 4.52 Å². The van der Waals surface area contributed by atoms with Crippen LogP contribution in [-0.4, -0.2) is 46.5 Å². The molecular weight excluding hydrogens is 308 g/mol. The first-order valence-corrected chi connectivity index (χ1v) is 9.05. The van der Waals surface area contributed by atoms with Crippen LogP contribution in [0.2, 0.25) is 0 Å². The zero-order valence-corrected chi connectivity index (χ0v) is 14.3. The second-order valence-electron chi connectivity index (χ2n) is 6.74. The second-order valence-corrected chi connectivity index (χ2v) is 6.74. The number of nitrogens with zero attached hydrogens (tertiary/aromatic N) is 3. The van der Waals surface area contributed by atoms with Crippen LogP contribution in [0.25, 0.3) is 0 Å². The van der Waals surface area contributed by atoms with E-state index in [0.29, 0.717) is 50.6 Å². The van der Waals surface area contributed by atoms with Crippen molar-refractivity contribution in [2.75, 3.05) is 19.6 Å². The van der Waals surface area contributed by atoms with E-state index in [1.54, 1.807) is 4.90 Å². The Morgan fingerprint density at radius 1 is 1.33 bits per heavy atom. The SMILES string of the molecule is CCN1CC(C(=O)NCCc2noc(C3CCCC3)n2)CCC1=O. The highest BCUT2D eigenvalue weighted by atomic mass is 16.5. The Kier molecular flexibility index (Phi) is 5.48. The fourth-order valence-electron chi connectivity index (χ4n) is 3.58.